The highest BCUT2D eigenvalue weighted by Gasteiger charge is 2.42. The molecule has 0 radical (unpaired) electrons. The first-order chi connectivity index (χ1) is 7.64. The number of hydrogen-bond acceptors (Lipinski definition) is 4. The van der Waals surface area contributed by atoms with Crippen LogP contribution < -0.4 is 5.32 Å². The van der Waals surface area contributed by atoms with Crippen LogP contribution in [-0.4, -0.2) is 44.7 Å². The molecule has 4 nitrogen and oxygen atoms in total. The second-order valence-corrected chi connectivity index (χ2v) is 7.56. The summed E-state index contributed by atoms with van der Waals surface area (Å²) in [6, 6.07) is 0.559. The minimum absolute atomic E-state index is 0.165. The Kier molecular flexibility index (Phi) is 2.72. The van der Waals surface area contributed by atoms with Crippen molar-refractivity contribution in [1.82, 2.24) is 5.32 Å². The topological polar surface area (TPSA) is 55.4 Å². The fraction of sp³-hybridized carbons (Fsp3) is 1.00. The van der Waals surface area contributed by atoms with Gasteiger partial charge in [-0.2, -0.15) is 0 Å². The van der Waals surface area contributed by atoms with Crippen LogP contribution in [0.3, 0.4) is 0 Å². The molecule has 0 amide bonds. The lowest BCUT2D eigenvalue weighted by Crippen LogP contribution is -2.44. The predicted molar refractivity (Wildman–Crippen MR) is 61.1 cm³/mol. The Labute approximate surface area is 96.7 Å². The minimum Gasteiger partial charge on any atom is -0.376 e. The van der Waals surface area contributed by atoms with Crippen LogP contribution in [0.4, 0.5) is 0 Å². The zero-order valence-corrected chi connectivity index (χ0v) is 10.2. The van der Waals surface area contributed by atoms with E-state index in [1.54, 1.807) is 0 Å². The molecule has 2 aliphatic heterocycles. The highest BCUT2D eigenvalue weighted by molar-refractivity contribution is 7.91. The van der Waals surface area contributed by atoms with Crippen LogP contribution >= 0.6 is 0 Å². The summed E-state index contributed by atoms with van der Waals surface area (Å²) in [5, 5.41) is 3.50. The summed E-state index contributed by atoms with van der Waals surface area (Å²) in [5.74, 6) is 1.41. The van der Waals surface area contributed by atoms with Crippen LogP contribution in [0.25, 0.3) is 0 Å². The molecule has 0 aromatic carbocycles. The molecule has 0 aromatic rings. The fourth-order valence-corrected chi connectivity index (χ4v) is 4.59. The van der Waals surface area contributed by atoms with Gasteiger partial charge in [0.05, 0.1) is 17.6 Å². The maximum absolute atomic E-state index is 11.4. The first-order valence-electron chi connectivity index (χ1n) is 6.22. The van der Waals surface area contributed by atoms with Gasteiger partial charge in [-0.1, -0.05) is 0 Å². The van der Waals surface area contributed by atoms with Crippen molar-refractivity contribution in [3.05, 3.63) is 0 Å². The zero-order chi connectivity index (χ0) is 11.2. The number of hydrogen-bond donors (Lipinski definition) is 1. The zero-order valence-electron chi connectivity index (χ0n) is 9.39. The number of nitrogens with one attached hydrogen (secondary N) is 1. The van der Waals surface area contributed by atoms with Crippen molar-refractivity contribution in [1.29, 1.82) is 0 Å². The smallest absolute Gasteiger partial charge is 0.151 e. The van der Waals surface area contributed by atoms with E-state index in [4.69, 9.17) is 4.74 Å². The van der Waals surface area contributed by atoms with Crippen LogP contribution in [0.15, 0.2) is 0 Å². The molecule has 3 rings (SSSR count). The average Bonchev–Trinajstić information content (AvgIpc) is 2.87. The van der Waals surface area contributed by atoms with Crippen molar-refractivity contribution >= 4 is 9.84 Å². The summed E-state index contributed by atoms with van der Waals surface area (Å²) in [5.41, 5.74) is 0. The molecule has 92 valence electrons. The van der Waals surface area contributed by atoms with Gasteiger partial charge >= 0.3 is 0 Å². The third kappa shape index (κ3) is 2.26. The Morgan fingerprint density at radius 3 is 2.56 bits per heavy atom. The average molecular weight is 245 g/mol. The molecule has 3 aliphatic rings. The van der Waals surface area contributed by atoms with E-state index in [0.29, 0.717) is 23.7 Å². The molecule has 3 atom stereocenters. The van der Waals surface area contributed by atoms with Crippen LogP contribution in [0.1, 0.15) is 25.7 Å². The van der Waals surface area contributed by atoms with E-state index in [2.05, 4.69) is 5.32 Å². The highest BCUT2D eigenvalue weighted by Crippen LogP contribution is 2.39. The maximum Gasteiger partial charge on any atom is 0.151 e. The first-order valence-corrected chi connectivity index (χ1v) is 8.04. The lowest BCUT2D eigenvalue weighted by atomic mass is 10.0. The molecule has 16 heavy (non-hydrogen) atoms. The van der Waals surface area contributed by atoms with Gasteiger partial charge in [0.2, 0.25) is 0 Å². The van der Waals surface area contributed by atoms with E-state index < -0.39 is 9.84 Å². The van der Waals surface area contributed by atoms with Crippen LogP contribution in [-0.2, 0) is 14.6 Å². The Morgan fingerprint density at radius 1 is 1.12 bits per heavy atom. The van der Waals surface area contributed by atoms with E-state index in [1.807, 2.05) is 0 Å². The van der Waals surface area contributed by atoms with Crippen LogP contribution in [0.2, 0.25) is 0 Å². The molecular formula is C11H19NO3S. The molecule has 3 fully saturated rings. The SMILES string of the molecule is O=S1(=O)CCC(NC2CCOC2C2CC2)C1. The van der Waals surface area contributed by atoms with Crippen molar-refractivity contribution < 1.29 is 13.2 Å². The second-order valence-electron chi connectivity index (χ2n) is 5.33. The predicted octanol–water partition coefficient (Wildman–Crippen LogP) is 0.331. The normalized spacial score (nSPS) is 42.6. The van der Waals surface area contributed by atoms with Crippen molar-refractivity contribution in [3.8, 4) is 0 Å². The van der Waals surface area contributed by atoms with Crippen LogP contribution in [0, 0.1) is 5.92 Å². The monoisotopic (exact) mass is 245 g/mol. The lowest BCUT2D eigenvalue weighted by molar-refractivity contribution is 0.0794. The van der Waals surface area contributed by atoms with Gasteiger partial charge in [-0.3, -0.25) is 0 Å². The molecule has 0 aromatic heterocycles. The Hall–Kier alpha value is -0.130. The summed E-state index contributed by atoms with van der Waals surface area (Å²) >= 11 is 0. The molecule has 1 saturated carbocycles. The Morgan fingerprint density at radius 2 is 1.94 bits per heavy atom. The molecule has 1 aliphatic carbocycles. The Bertz CT molecular complexity index is 363. The van der Waals surface area contributed by atoms with Gasteiger partial charge in [0.25, 0.3) is 0 Å². The van der Waals surface area contributed by atoms with Gasteiger partial charge in [-0.25, -0.2) is 8.42 Å². The third-order valence-corrected chi connectivity index (χ3v) is 5.67. The molecule has 2 heterocycles. The minimum atomic E-state index is -2.76. The van der Waals surface area contributed by atoms with Crippen molar-refractivity contribution in [2.75, 3.05) is 18.1 Å². The summed E-state index contributed by atoms with van der Waals surface area (Å²) in [6.07, 6.45) is 4.73. The summed E-state index contributed by atoms with van der Waals surface area (Å²) in [6.45, 7) is 0.832. The summed E-state index contributed by atoms with van der Waals surface area (Å²) < 4.78 is 28.5. The van der Waals surface area contributed by atoms with E-state index in [1.165, 1.54) is 12.8 Å². The van der Waals surface area contributed by atoms with E-state index in [9.17, 15) is 8.42 Å². The molecule has 0 spiro atoms. The molecule has 2 saturated heterocycles. The quantitative estimate of drug-likeness (QED) is 0.778. The van der Waals surface area contributed by atoms with Gasteiger partial charge in [0, 0.05) is 18.7 Å². The third-order valence-electron chi connectivity index (χ3n) is 3.90. The van der Waals surface area contributed by atoms with Crippen molar-refractivity contribution in [2.24, 2.45) is 5.92 Å². The second kappa shape index (κ2) is 3.96. The number of sulfone groups is 1. The molecule has 1 N–H and O–H groups in total. The van der Waals surface area contributed by atoms with Gasteiger partial charge in [0.1, 0.15) is 0 Å². The van der Waals surface area contributed by atoms with Crippen molar-refractivity contribution in [3.63, 3.8) is 0 Å². The molecule has 3 unspecified atom stereocenters. The molecule has 5 heteroatoms. The van der Waals surface area contributed by atoms with Crippen molar-refractivity contribution in [2.45, 2.75) is 43.9 Å². The first kappa shape index (κ1) is 11.0. The maximum atomic E-state index is 11.4. The molecule has 0 bridgehead atoms. The largest absolute Gasteiger partial charge is 0.376 e. The lowest BCUT2D eigenvalue weighted by Gasteiger charge is -2.22. The summed E-state index contributed by atoms with van der Waals surface area (Å²) in [7, 11) is -2.76. The van der Waals surface area contributed by atoms with Gasteiger partial charge < -0.3 is 10.1 Å². The van der Waals surface area contributed by atoms with Gasteiger partial charge in [0.15, 0.2) is 9.84 Å². The van der Waals surface area contributed by atoms with E-state index in [-0.39, 0.29) is 6.04 Å². The Balaban J connectivity index is 1.58. The van der Waals surface area contributed by atoms with Crippen LogP contribution in [0.5, 0.6) is 0 Å². The standard InChI is InChI=1S/C11H19NO3S/c13-16(14)6-4-9(7-16)12-10-3-5-15-11(10)8-1-2-8/h8-12H,1-7H2. The molecular weight excluding hydrogens is 226 g/mol. The highest BCUT2D eigenvalue weighted by atomic mass is 32.2. The fourth-order valence-electron chi connectivity index (χ4n) is 2.91. The number of ether oxygens (including phenoxy) is 1. The van der Waals surface area contributed by atoms with Gasteiger partial charge in [-0.15, -0.1) is 0 Å². The summed E-state index contributed by atoms with van der Waals surface area (Å²) in [4.78, 5) is 0. The number of rotatable bonds is 3. The van der Waals surface area contributed by atoms with Gasteiger partial charge in [-0.05, 0) is 31.6 Å². The van der Waals surface area contributed by atoms with E-state index in [0.717, 1.165) is 25.4 Å². The van der Waals surface area contributed by atoms with E-state index >= 15 is 0 Å².